The molecule has 0 spiro atoms. The van der Waals surface area contributed by atoms with Gasteiger partial charge in [0.05, 0.1) is 27.7 Å². The Labute approximate surface area is 356 Å². The van der Waals surface area contributed by atoms with Crippen LogP contribution in [0.5, 0.6) is 0 Å². The van der Waals surface area contributed by atoms with Crippen LogP contribution in [0, 0.1) is 0 Å². The second-order valence-electron chi connectivity index (χ2n) is 16.8. The molecule has 0 N–H and O–H groups in total. The van der Waals surface area contributed by atoms with E-state index in [0.717, 1.165) is 70.6 Å². The highest BCUT2D eigenvalue weighted by atomic mass is 31.2. The molecule has 0 aromatic heterocycles. The minimum atomic E-state index is -4.63. The lowest BCUT2D eigenvalue weighted by molar-refractivity contribution is -0.870. The topological polar surface area (TPSA) is 111 Å². The molecule has 10 heteroatoms. The molecule has 0 amide bonds. The van der Waals surface area contributed by atoms with Gasteiger partial charge in [-0.15, -0.1) is 0 Å². The van der Waals surface area contributed by atoms with E-state index in [1.54, 1.807) is 0 Å². The number of carbonyl (C=O) groups excluding carboxylic acids is 2. The molecule has 0 rings (SSSR count). The first-order valence-corrected chi connectivity index (χ1v) is 24.8. The monoisotopic (exact) mass is 838 g/mol. The molecule has 2 atom stereocenters. The molecular weight excluding hydrogens is 750 g/mol. The van der Waals surface area contributed by atoms with Crippen LogP contribution < -0.4 is 4.89 Å². The van der Waals surface area contributed by atoms with Crippen molar-refractivity contribution in [2.75, 3.05) is 47.5 Å². The van der Waals surface area contributed by atoms with Crippen molar-refractivity contribution in [3.8, 4) is 0 Å². The Morgan fingerprint density at radius 1 is 0.534 bits per heavy atom. The predicted molar refractivity (Wildman–Crippen MR) is 240 cm³/mol. The van der Waals surface area contributed by atoms with Crippen molar-refractivity contribution in [2.24, 2.45) is 0 Å². The predicted octanol–water partition coefficient (Wildman–Crippen LogP) is 12.8. The van der Waals surface area contributed by atoms with Crippen molar-refractivity contribution in [2.45, 2.75) is 200 Å². The number of likely N-dealkylation sites (N-methyl/N-ethyl adjacent to an activating group) is 1. The third-order valence-electron chi connectivity index (χ3n) is 9.82. The van der Waals surface area contributed by atoms with Crippen LogP contribution in [0.2, 0.25) is 0 Å². The zero-order chi connectivity index (χ0) is 42.8. The van der Waals surface area contributed by atoms with Gasteiger partial charge >= 0.3 is 11.9 Å². The van der Waals surface area contributed by atoms with Crippen molar-refractivity contribution in [1.82, 2.24) is 0 Å². The number of allylic oxidation sites excluding steroid dienone is 8. The molecule has 0 aromatic carbocycles. The van der Waals surface area contributed by atoms with E-state index < -0.39 is 32.5 Å². The third-order valence-corrected chi connectivity index (χ3v) is 10.8. The molecular formula is C48H88NO8P. The summed E-state index contributed by atoms with van der Waals surface area (Å²) in [7, 11) is 1.15. The number of hydrogen-bond donors (Lipinski definition) is 0. The zero-order valence-electron chi connectivity index (χ0n) is 38.0. The number of esters is 2. The number of phosphoric ester groups is 1. The van der Waals surface area contributed by atoms with Crippen LogP contribution in [0.15, 0.2) is 48.6 Å². The summed E-state index contributed by atoms with van der Waals surface area (Å²) in [6.07, 6.45) is 47.0. The van der Waals surface area contributed by atoms with Gasteiger partial charge < -0.3 is 27.9 Å². The van der Waals surface area contributed by atoms with Crippen molar-refractivity contribution in [3.05, 3.63) is 48.6 Å². The first kappa shape index (κ1) is 56.0. The molecule has 0 aromatic rings. The summed E-state index contributed by atoms with van der Waals surface area (Å²) in [6.45, 7) is 4.17. The van der Waals surface area contributed by atoms with Crippen LogP contribution in [0.3, 0.4) is 0 Å². The molecule has 0 saturated carbocycles. The van der Waals surface area contributed by atoms with E-state index in [9.17, 15) is 19.0 Å². The third kappa shape index (κ3) is 43.5. The highest BCUT2D eigenvalue weighted by Crippen LogP contribution is 2.38. The number of quaternary nitrogens is 1. The number of nitrogens with zero attached hydrogens (tertiary/aromatic N) is 1. The number of hydrogen-bond acceptors (Lipinski definition) is 8. The zero-order valence-corrected chi connectivity index (χ0v) is 38.9. The number of ether oxygens (including phenoxy) is 2. The Kier molecular flexibility index (Phi) is 39.0. The van der Waals surface area contributed by atoms with Crippen molar-refractivity contribution in [3.63, 3.8) is 0 Å². The first-order chi connectivity index (χ1) is 28.0. The van der Waals surface area contributed by atoms with E-state index >= 15 is 0 Å². The highest BCUT2D eigenvalue weighted by molar-refractivity contribution is 7.45. The van der Waals surface area contributed by atoms with Crippen LogP contribution in [-0.2, 0) is 32.7 Å². The largest absolute Gasteiger partial charge is 0.756 e. The number of rotatable bonds is 42. The molecule has 0 bridgehead atoms. The van der Waals surface area contributed by atoms with Gasteiger partial charge in [-0.3, -0.25) is 14.2 Å². The Bertz CT molecular complexity index is 1130. The van der Waals surface area contributed by atoms with Gasteiger partial charge in [-0.25, -0.2) is 0 Å². The standard InChI is InChI=1S/C48H88NO8P/c1-6-8-10-12-14-16-18-20-22-24-25-27-29-31-33-35-37-39-41-48(51)57-46(45-56-58(52,53)55-43-42-49(3,4)5)44-54-47(50)40-38-36-34-32-30-28-26-23-21-19-17-15-13-11-9-7-2/h16-19,22-24,26,46H,6-15,20-21,25,27-45H2,1-5H3/b18-16-,19-17-,24-22-,26-23-. The summed E-state index contributed by atoms with van der Waals surface area (Å²) in [4.78, 5) is 37.6. The molecule has 0 saturated heterocycles. The summed E-state index contributed by atoms with van der Waals surface area (Å²) >= 11 is 0. The van der Waals surface area contributed by atoms with Gasteiger partial charge in [0, 0.05) is 12.8 Å². The van der Waals surface area contributed by atoms with Crippen LogP contribution in [-0.4, -0.2) is 70.0 Å². The maximum atomic E-state index is 12.7. The second kappa shape index (κ2) is 40.4. The lowest BCUT2D eigenvalue weighted by Gasteiger charge is -2.28. The maximum absolute atomic E-state index is 12.7. The summed E-state index contributed by atoms with van der Waals surface area (Å²) in [6, 6.07) is 0. The maximum Gasteiger partial charge on any atom is 0.306 e. The Hall–Kier alpha value is -2.03. The van der Waals surface area contributed by atoms with E-state index in [2.05, 4.69) is 62.5 Å². The Morgan fingerprint density at radius 2 is 0.931 bits per heavy atom. The van der Waals surface area contributed by atoms with E-state index in [-0.39, 0.29) is 26.1 Å². The van der Waals surface area contributed by atoms with Crippen LogP contribution in [0.25, 0.3) is 0 Å². The molecule has 2 unspecified atom stereocenters. The van der Waals surface area contributed by atoms with Crippen molar-refractivity contribution >= 4 is 19.8 Å². The number of phosphoric acid groups is 1. The summed E-state index contributed by atoms with van der Waals surface area (Å²) in [5.74, 6) is -0.859. The molecule has 0 aliphatic carbocycles. The lowest BCUT2D eigenvalue weighted by Crippen LogP contribution is -2.37. The van der Waals surface area contributed by atoms with Crippen molar-refractivity contribution < 1.29 is 42.1 Å². The highest BCUT2D eigenvalue weighted by Gasteiger charge is 2.21. The molecule has 58 heavy (non-hydrogen) atoms. The van der Waals surface area contributed by atoms with Gasteiger partial charge in [0.15, 0.2) is 6.10 Å². The fraction of sp³-hybridized carbons (Fsp3) is 0.792. The van der Waals surface area contributed by atoms with Gasteiger partial charge in [-0.2, -0.15) is 0 Å². The summed E-state index contributed by atoms with van der Waals surface area (Å²) in [5.41, 5.74) is 0. The molecule has 0 radical (unpaired) electrons. The second-order valence-corrected chi connectivity index (χ2v) is 18.2. The fourth-order valence-corrected chi connectivity index (χ4v) is 6.85. The molecule has 0 fully saturated rings. The summed E-state index contributed by atoms with van der Waals surface area (Å²) < 4.78 is 33.9. The number of unbranched alkanes of at least 4 members (excludes halogenated alkanes) is 20. The summed E-state index contributed by atoms with van der Waals surface area (Å²) in [5, 5.41) is 0. The lowest BCUT2D eigenvalue weighted by atomic mass is 10.1. The van der Waals surface area contributed by atoms with Crippen LogP contribution in [0.4, 0.5) is 0 Å². The molecule has 338 valence electrons. The average molecular weight is 838 g/mol. The van der Waals surface area contributed by atoms with E-state index in [0.29, 0.717) is 23.9 Å². The minimum absolute atomic E-state index is 0.0362. The van der Waals surface area contributed by atoms with E-state index in [1.807, 2.05) is 21.1 Å². The normalized spacial score (nSPS) is 14.0. The van der Waals surface area contributed by atoms with Gasteiger partial charge in [0.1, 0.15) is 19.8 Å². The minimum Gasteiger partial charge on any atom is -0.756 e. The first-order valence-electron chi connectivity index (χ1n) is 23.3. The SMILES string of the molecule is CCCCCC/C=C\C/C=C\CCCCCCCCCC(=O)OC(COC(=O)CCCCCCC/C=C\C/C=C\CCCCCC)COP(=O)([O-])OCC[N+](C)(C)C. The molecule has 0 aliphatic rings. The van der Waals surface area contributed by atoms with Gasteiger partial charge in [0.2, 0.25) is 0 Å². The molecule has 0 heterocycles. The van der Waals surface area contributed by atoms with Crippen LogP contribution in [0.1, 0.15) is 194 Å². The van der Waals surface area contributed by atoms with Gasteiger partial charge in [-0.1, -0.05) is 152 Å². The van der Waals surface area contributed by atoms with Gasteiger partial charge in [-0.05, 0) is 77.0 Å². The van der Waals surface area contributed by atoms with E-state index in [1.165, 1.54) is 83.5 Å². The van der Waals surface area contributed by atoms with Crippen molar-refractivity contribution in [1.29, 1.82) is 0 Å². The Balaban J connectivity index is 4.37. The quantitative estimate of drug-likeness (QED) is 0.0196. The smallest absolute Gasteiger partial charge is 0.306 e. The van der Waals surface area contributed by atoms with Crippen LogP contribution >= 0.6 is 7.82 Å². The van der Waals surface area contributed by atoms with E-state index in [4.69, 9.17) is 18.5 Å². The van der Waals surface area contributed by atoms with Gasteiger partial charge in [0.25, 0.3) is 7.82 Å². The Morgan fingerprint density at radius 3 is 1.36 bits per heavy atom. The number of carbonyl (C=O) groups is 2. The molecule has 0 aliphatic heterocycles. The average Bonchev–Trinajstić information content (AvgIpc) is 3.17. The fourth-order valence-electron chi connectivity index (χ4n) is 6.13. The molecule has 9 nitrogen and oxygen atoms in total.